The minimum absolute atomic E-state index is 0.0395. The summed E-state index contributed by atoms with van der Waals surface area (Å²) < 4.78 is 10.8. The molecule has 3 saturated carbocycles. The average molecular weight is 713 g/mol. The zero-order valence-corrected chi connectivity index (χ0v) is 32.6. The van der Waals surface area contributed by atoms with Crippen LogP contribution >= 0.6 is 0 Å². The van der Waals surface area contributed by atoms with E-state index in [1.54, 1.807) is 12.5 Å². The van der Waals surface area contributed by atoms with Crippen LogP contribution in [0, 0.1) is 35.5 Å². The highest BCUT2D eigenvalue weighted by atomic mass is 16.5. The van der Waals surface area contributed by atoms with E-state index in [1.165, 1.54) is 132 Å². The van der Waals surface area contributed by atoms with Crippen LogP contribution in [0.2, 0.25) is 0 Å². The number of unbranched alkanes of at least 4 members (excludes halogenated alkanes) is 2. The van der Waals surface area contributed by atoms with Crippen molar-refractivity contribution in [3.05, 3.63) is 71.8 Å². The standard InChI is InChI=1S/C47H68O5/c1-5-6-7-8-37-17-20-45-29-44(26-25-43(45)28-37)42-23-21-41(22-24-42)40-18-15-36(16-19-40)10-9-35-11-13-38(14-12-35)27-39(31-51-46(49)33(2)3)32-52-47(50)34(4)30-48/h17,20,25-26,28-29,35-36,38-42,48H,2,4-16,18-19,21-24,27,30-32H2,1,3H3. The molecule has 0 bridgehead atoms. The Kier molecular flexibility index (Phi) is 15.9. The van der Waals surface area contributed by atoms with Crippen molar-refractivity contribution in [2.45, 2.75) is 142 Å². The summed E-state index contributed by atoms with van der Waals surface area (Å²) in [6, 6.07) is 14.5. The Morgan fingerprint density at radius 2 is 1.29 bits per heavy atom. The first kappa shape index (κ1) is 40.3. The molecule has 0 aromatic heterocycles. The van der Waals surface area contributed by atoms with Crippen LogP contribution in [-0.4, -0.2) is 36.9 Å². The molecule has 3 aliphatic rings. The van der Waals surface area contributed by atoms with Gasteiger partial charge in [-0.25, -0.2) is 9.59 Å². The Hall–Kier alpha value is -2.92. The number of hydrogen-bond acceptors (Lipinski definition) is 5. The lowest BCUT2D eigenvalue weighted by molar-refractivity contribution is -0.144. The zero-order valence-electron chi connectivity index (χ0n) is 32.6. The maximum atomic E-state index is 12.1. The van der Waals surface area contributed by atoms with Crippen molar-refractivity contribution in [2.24, 2.45) is 35.5 Å². The number of esters is 2. The van der Waals surface area contributed by atoms with Gasteiger partial charge in [0.2, 0.25) is 0 Å². The molecule has 0 radical (unpaired) electrons. The lowest BCUT2D eigenvalue weighted by Crippen LogP contribution is -2.26. The van der Waals surface area contributed by atoms with E-state index in [2.05, 4.69) is 56.5 Å². The molecule has 5 nitrogen and oxygen atoms in total. The predicted molar refractivity (Wildman–Crippen MR) is 213 cm³/mol. The van der Waals surface area contributed by atoms with E-state index in [-0.39, 0.29) is 24.7 Å². The quantitative estimate of drug-likeness (QED) is 0.0946. The smallest absolute Gasteiger partial charge is 0.335 e. The van der Waals surface area contributed by atoms with Crippen LogP contribution in [0.4, 0.5) is 0 Å². The van der Waals surface area contributed by atoms with Crippen LogP contribution in [0.15, 0.2) is 60.7 Å². The molecular weight excluding hydrogens is 645 g/mol. The lowest BCUT2D eigenvalue weighted by Gasteiger charge is -2.38. The van der Waals surface area contributed by atoms with Crippen LogP contribution in [-0.2, 0) is 25.5 Å². The highest BCUT2D eigenvalue weighted by Gasteiger charge is 2.32. The highest BCUT2D eigenvalue weighted by molar-refractivity contribution is 5.88. The first-order chi connectivity index (χ1) is 25.2. The monoisotopic (exact) mass is 713 g/mol. The van der Waals surface area contributed by atoms with E-state index in [0.717, 1.165) is 36.0 Å². The first-order valence-electron chi connectivity index (χ1n) is 21.0. The SMILES string of the molecule is C=C(C)C(=O)OCC(COC(=O)C(=C)CO)CC1CCC(CCC2CCC(C3CCC(c4ccc5cc(CCCCC)ccc5c4)CC3)CC2)CC1. The molecule has 3 aliphatic carbocycles. The summed E-state index contributed by atoms with van der Waals surface area (Å²) in [6.45, 7) is 11.1. The number of ether oxygens (including phenoxy) is 2. The maximum Gasteiger partial charge on any atom is 0.335 e. The van der Waals surface area contributed by atoms with Crippen LogP contribution in [0.3, 0.4) is 0 Å². The van der Waals surface area contributed by atoms with Crippen LogP contribution in [0.5, 0.6) is 0 Å². The summed E-state index contributed by atoms with van der Waals surface area (Å²) in [7, 11) is 0. The largest absolute Gasteiger partial charge is 0.462 e. The second-order valence-corrected chi connectivity index (χ2v) is 17.1. The third-order valence-corrected chi connectivity index (χ3v) is 13.1. The fourth-order valence-corrected chi connectivity index (χ4v) is 9.73. The average Bonchev–Trinajstić information content (AvgIpc) is 3.18. The summed E-state index contributed by atoms with van der Waals surface area (Å²) in [5.74, 6) is 3.81. The molecule has 5 rings (SSSR count). The van der Waals surface area contributed by atoms with Gasteiger partial charge in [-0.3, -0.25) is 0 Å². The van der Waals surface area contributed by atoms with Crippen molar-refractivity contribution >= 4 is 22.7 Å². The summed E-state index contributed by atoms with van der Waals surface area (Å²) in [4.78, 5) is 24.1. The van der Waals surface area contributed by atoms with Crippen molar-refractivity contribution in [2.75, 3.05) is 19.8 Å². The fraction of sp³-hybridized carbons (Fsp3) is 0.660. The van der Waals surface area contributed by atoms with Crippen molar-refractivity contribution in [3.8, 4) is 0 Å². The van der Waals surface area contributed by atoms with Gasteiger partial charge >= 0.3 is 11.9 Å². The Morgan fingerprint density at radius 1 is 0.731 bits per heavy atom. The molecular formula is C47H68O5. The minimum Gasteiger partial charge on any atom is -0.462 e. The zero-order chi connectivity index (χ0) is 36.9. The third kappa shape index (κ3) is 12.1. The van der Waals surface area contributed by atoms with Gasteiger partial charge in [-0.05, 0) is 122 Å². The molecule has 1 atom stereocenters. The first-order valence-corrected chi connectivity index (χ1v) is 21.0. The molecule has 5 heteroatoms. The van der Waals surface area contributed by atoms with Gasteiger partial charge in [-0.15, -0.1) is 0 Å². The van der Waals surface area contributed by atoms with Crippen molar-refractivity contribution < 1.29 is 24.2 Å². The number of aryl methyl sites for hydroxylation is 1. The second kappa shape index (κ2) is 20.5. The predicted octanol–water partition coefficient (Wildman–Crippen LogP) is 11.5. The summed E-state index contributed by atoms with van der Waals surface area (Å²) in [5, 5.41) is 12.0. The van der Waals surface area contributed by atoms with Gasteiger partial charge in [0.1, 0.15) is 0 Å². The molecule has 1 N–H and O–H groups in total. The molecule has 3 fully saturated rings. The van der Waals surface area contributed by atoms with Gasteiger partial charge in [0.15, 0.2) is 0 Å². The Balaban J connectivity index is 0.979. The van der Waals surface area contributed by atoms with E-state index in [9.17, 15) is 14.7 Å². The topological polar surface area (TPSA) is 72.8 Å². The van der Waals surface area contributed by atoms with Gasteiger partial charge in [-0.1, -0.05) is 121 Å². The fourth-order valence-electron chi connectivity index (χ4n) is 9.73. The van der Waals surface area contributed by atoms with Gasteiger partial charge in [-0.2, -0.15) is 0 Å². The molecule has 2 aromatic carbocycles. The molecule has 0 spiro atoms. The van der Waals surface area contributed by atoms with Crippen LogP contribution < -0.4 is 0 Å². The number of carbonyl (C=O) groups excluding carboxylic acids is 2. The number of carbonyl (C=O) groups is 2. The van der Waals surface area contributed by atoms with E-state index >= 15 is 0 Å². The van der Waals surface area contributed by atoms with Crippen molar-refractivity contribution in [1.82, 2.24) is 0 Å². The molecule has 0 amide bonds. The molecule has 52 heavy (non-hydrogen) atoms. The molecule has 2 aromatic rings. The van der Waals surface area contributed by atoms with Gasteiger partial charge in [0.05, 0.1) is 25.4 Å². The van der Waals surface area contributed by atoms with E-state index in [1.807, 2.05) is 0 Å². The number of fused-ring (bicyclic) bond motifs is 1. The number of hydrogen-bond donors (Lipinski definition) is 1. The maximum absolute atomic E-state index is 12.1. The number of benzene rings is 2. The minimum atomic E-state index is -0.591. The van der Waals surface area contributed by atoms with Crippen molar-refractivity contribution in [3.63, 3.8) is 0 Å². The van der Waals surface area contributed by atoms with E-state index in [4.69, 9.17) is 9.47 Å². The normalized spacial score (nSPS) is 25.7. The number of aliphatic hydroxyl groups excluding tert-OH is 1. The Bertz CT molecular complexity index is 1450. The van der Waals surface area contributed by atoms with Crippen LogP contribution in [0.1, 0.15) is 146 Å². The second-order valence-electron chi connectivity index (χ2n) is 17.1. The summed E-state index contributed by atoms with van der Waals surface area (Å²) in [6.07, 6.45) is 24.9. The van der Waals surface area contributed by atoms with Gasteiger partial charge in [0.25, 0.3) is 0 Å². The lowest BCUT2D eigenvalue weighted by atomic mass is 9.67. The molecule has 0 aliphatic heterocycles. The van der Waals surface area contributed by atoms with Crippen molar-refractivity contribution in [1.29, 1.82) is 0 Å². The number of aliphatic hydroxyl groups is 1. The Labute approximate surface area is 315 Å². The Morgan fingerprint density at radius 3 is 1.90 bits per heavy atom. The highest BCUT2D eigenvalue weighted by Crippen LogP contribution is 2.45. The summed E-state index contributed by atoms with van der Waals surface area (Å²) >= 11 is 0. The molecule has 1 unspecified atom stereocenters. The van der Waals surface area contributed by atoms with Gasteiger partial charge in [0, 0.05) is 11.5 Å². The van der Waals surface area contributed by atoms with E-state index < -0.39 is 18.5 Å². The summed E-state index contributed by atoms with van der Waals surface area (Å²) in [5.41, 5.74) is 3.46. The third-order valence-electron chi connectivity index (χ3n) is 13.1. The number of rotatable bonds is 18. The van der Waals surface area contributed by atoms with Crippen LogP contribution in [0.25, 0.3) is 10.8 Å². The molecule has 286 valence electrons. The van der Waals surface area contributed by atoms with Gasteiger partial charge < -0.3 is 14.6 Å². The molecule has 0 saturated heterocycles. The molecule has 0 heterocycles. The van der Waals surface area contributed by atoms with E-state index in [0.29, 0.717) is 11.5 Å².